The number of nitrogens with one attached hydrogen (secondary N) is 1. The number of imidazole rings is 1. The molecule has 2 heterocycles. The molecule has 0 aliphatic rings. The Morgan fingerprint density at radius 2 is 2.33 bits per heavy atom. The van der Waals surface area contributed by atoms with Gasteiger partial charge in [0.1, 0.15) is 12.8 Å². The first kappa shape index (κ1) is 12.5. The van der Waals surface area contributed by atoms with Gasteiger partial charge in [0, 0.05) is 25.6 Å². The van der Waals surface area contributed by atoms with Crippen molar-refractivity contribution in [2.75, 3.05) is 7.05 Å². The average molecular weight is 254 g/mol. The molecule has 4 nitrogen and oxygen atoms in total. The van der Waals surface area contributed by atoms with Crippen LogP contribution in [0.5, 0.6) is 0 Å². The van der Waals surface area contributed by atoms with Gasteiger partial charge in [-0.1, -0.05) is 23.7 Å². The van der Waals surface area contributed by atoms with Crippen LogP contribution in [-0.4, -0.2) is 34.4 Å². The highest BCUT2D eigenvalue weighted by molar-refractivity contribution is 7.80. The van der Waals surface area contributed by atoms with Gasteiger partial charge in [-0.3, -0.25) is 9.55 Å². The Balaban J connectivity index is 2.28. The third-order valence-electron chi connectivity index (χ3n) is 2.34. The Morgan fingerprint density at radius 1 is 1.50 bits per heavy atom. The van der Waals surface area contributed by atoms with E-state index in [2.05, 4.69) is 15.3 Å². The lowest BCUT2D eigenvalue weighted by Gasteiger charge is -2.09. The summed E-state index contributed by atoms with van der Waals surface area (Å²) in [7, 11) is 7.40. The second-order valence-corrected chi connectivity index (χ2v) is 3.99. The van der Waals surface area contributed by atoms with Crippen LogP contribution in [0.25, 0.3) is 6.08 Å². The van der Waals surface area contributed by atoms with Crippen molar-refractivity contribution in [3.63, 3.8) is 0 Å². The van der Waals surface area contributed by atoms with Crippen molar-refractivity contribution in [3.05, 3.63) is 48.4 Å². The predicted octanol–water partition coefficient (Wildman–Crippen LogP) is 0.508. The van der Waals surface area contributed by atoms with Crippen LogP contribution in [-0.2, 0) is 0 Å². The van der Waals surface area contributed by atoms with E-state index < -0.39 is 0 Å². The molecule has 0 aromatic carbocycles. The molecule has 6 heteroatoms. The van der Waals surface area contributed by atoms with E-state index in [-0.39, 0.29) is 0 Å². The summed E-state index contributed by atoms with van der Waals surface area (Å²) in [6, 6.07) is 3.63. The molecule has 0 aliphatic heterocycles. The zero-order valence-electron chi connectivity index (χ0n) is 9.87. The molecule has 0 atom stereocenters. The molecule has 0 fully saturated rings. The van der Waals surface area contributed by atoms with Crippen LogP contribution in [0.4, 0.5) is 0 Å². The van der Waals surface area contributed by atoms with Crippen LogP contribution in [0.3, 0.4) is 0 Å². The number of hydrogen-bond acceptors (Lipinski definition) is 4. The maximum Gasteiger partial charge on any atom is 0.134 e. The molecule has 2 aromatic heterocycles. The third kappa shape index (κ3) is 2.84. The molecule has 2 aromatic rings. The molecule has 0 saturated heterocycles. The fourth-order valence-corrected chi connectivity index (χ4v) is 1.68. The van der Waals surface area contributed by atoms with Gasteiger partial charge in [-0.2, -0.15) is 0 Å². The topological polar surface area (TPSA) is 42.7 Å². The minimum atomic E-state index is 0.633. The molecule has 0 spiro atoms. The van der Waals surface area contributed by atoms with Crippen molar-refractivity contribution in [1.29, 1.82) is 0 Å². The van der Waals surface area contributed by atoms with Gasteiger partial charge in [0.05, 0.1) is 17.7 Å². The fourth-order valence-electron chi connectivity index (χ4n) is 1.41. The van der Waals surface area contributed by atoms with E-state index in [1.807, 2.05) is 19.2 Å². The SMILES string of the molecule is [B]c1ccc(/C=C(/NC)C(=S)n2ccnc2)nc1. The summed E-state index contributed by atoms with van der Waals surface area (Å²) in [4.78, 5) is 8.80. The van der Waals surface area contributed by atoms with Crippen molar-refractivity contribution in [2.45, 2.75) is 0 Å². The standard InChI is InChI=1S/C12H11BN4S/c1-14-11(12(18)17-5-4-15-8-17)6-10-3-2-9(13)7-16-10/h2-8,14H,1H3/b11-6+. The summed E-state index contributed by atoms with van der Waals surface area (Å²) in [5.74, 6) is 0. The summed E-state index contributed by atoms with van der Waals surface area (Å²) < 4.78 is 1.76. The van der Waals surface area contributed by atoms with Gasteiger partial charge in [-0.05, 0) is 12.1 Å². The smallest absolute Gasteiger partial charge is 0.134 e. The van der Waals surface area contributed by atoms with Gasteiger partial charge in [0.15, 0.2) is 0 Å². The lowest BCUT2D eigenvalue weighted by atomic mass is 9.99. The van der Waals surface area contributed by atoms with Gasteiger partial charge in [-0.15, -0.1) is 0 Å². The first-order valence-corrected chi connectivity index (χ1v) is 5.75. The highest BCUT2D eigenvalue weighted by Gasteiger charge is 2.05. The number of nitrogens with zero attached hydrogens (tertiary/aromatic N) is 3. The maximum absolute atomic E-state index is 5.59. The summed E-state index contributed by atoms with van der Waals surface area (Å²) in [6.45, 7) is 0. The quantitative estimate of drug-likeness (QED) is 0.492. The second-order valence-electron chi connectivity index (χ2n) is 3.60. The highest BCUT2D eigenvalue weighted by Crippen LogP contribution is 2.04. The van der Waals surface area contributed by atoms with Crippen LogP contribution in [0.1, 0.15) is 5.69 Å². The van der Waals surface area contributed by atoms with Crippen LogP contribution in [0.15, 0.2) is 42.7 Å². The molecule has 2 rings (SSSR count). The number of pyridine rings is 1. The molecule has 0 saturated carbocycles. The highest BCUT2D eigenvalue weighted by atomic mass is 32.1. The minimum Gasteiger partial charge on any atom is -0.386 e. The zero-order valence-corrected chi connectivity index (χ0v) is 10.7. The van der Waals surface area contributed by atoms with E-state index in [4.69, 9.17) is 20.1 Å². The molecule has 0 unspecified atom stereocenters. The molecule has 0 amide bonds. The molecule has 0 bridgehead atoms. The fraction of sp³-hybridized carbons (Fsp3) is 0.0833. The Labute approximate surface area is 112 Å². The number of thiocarbonyl (C=S) groups is 1. The van der Waals surface area contributed by atoms with E-state index in [9.17, 15) is 0 Å². The van der Waals surface area contributed by atoms with Crippen molar-refractivity contribution < 1.29 is 0 Å². The number of aromatic nitrogens is 3. The Morgan fingerprint density at radius 3 is 2.89 bits per heavy atom. The molecular formula is C12H11BN4S. The molecular weight excluding hydrogens is 243 g/mol. The summed E-state index contributed by atoms with van der Waals surface area (Å²) >= 11 is 5.36. The van der Waals surface area contributed by atoms with Crippen LogP contribution < -0.4 is 10.8 Å². The normalized spacial score (nSPS) is 11.3. The van der Waals surface area contributed by atoms with Crippen LogP contribution in [0, 0.1) is 0 Å². The third-order valence-corrected chi connectivity index (χ3v) is 2.77. The van der Waals surface area contributed by atoms with Gasteiger partial charge in [-0.25, -0.2) is 4.98 Å². The van der Waals surface area contributed by atoms with Crippen LogP contribution in [0.2, 0.25) is 0 Å². The zero-order chi connectivity index (χ0) is 13.0. The van der Waals surface area contributed by atoms with Crippen molar-refractivity contribution >= 4 is 36.6 Å². The lowest BCUT2D eigenvalue weighted by Crippen LogP contribution is -2.20. The first-order chi connectivity index (χ1) is 8.70. The van der Waals surface area contributed by atoms with Gasteiger partial charge in [0.2, 0.25) is 0 Å². The number of allylic oxidation sites excluding steroid dienone is 1. The van der Waals surface area contributed by atoms with Gasteiger partial charge in [0.25, 0.3) is 0 Å². The molecule has 18 heavy (non-hydrogen) atoms. The van der Waals surface area contributed by atoms with E-state index in [1.165, 1.54) is 0 Å². The molecule has 88 valence electrons. The van der Waals surface area contributed by atoms with Crippen LogP contribution >= 0.6 is 12.2 Å². The summed E-state index contributed by atoms with van der Waals surface area (Å²) in [5.41, 5.74) is 2.21. The number of rotatable bonds is 3. The predicted molar refractivity (Wildman–Crippen MR) is 76.9 cm³/mol. The summed E-state index contributed by atoms with van der Waals surface area (Å²) in [5, 5.41) is 3.05. The Bertz CT molecular complexity index is 560. The van der Waals surface area contributed by atoms with Crippen molar-refractivity contribution in [3.8, 4) is 0 Å². The molecule has 2 radical (unpaired) electrons. The van der Waals surface area contributed by atoms with Crippen molar-refractivity contribution in [1.82, 2.24) is 19.9 Å². The molecule has 1 N–H and O–H groups in total. The minimum absolute atomic E-state index is 0.633. The Hall–Kier alpha value is -1.95. The first-order valence-electron chi connectivity index (χ1n) is 5.34. The number of likely N-dealkylation sites (N-methyl/N-ethyl adjacent to an activating group) is 1. The van der Waals surface area contributed by atoms with E-state index in [1.54, 1.807) is 35.6 Å². The van der Waals surface area contributed by atoms with Gasteiger partial charge < -0.3 is 5.32 Å². The molecule has 0 aliphatic carbocycles. The average Bonchev–Trinajstić information content (AvgIpc) is 2.91. The maximum atomic E-state index is 5.59. The number of hydrogen-bond donors (Lipinski definition) is 1. The largest absolute Gasteiger partial charge is 0.386 e. The van der Waals surface area contributed by atoms with E-state index in [0.29, 0.717) is 10.5 Å². The van der Waals surface area contributed by atoms with E-state index >= 15 is 0 Å². The lowest BCUT2D eigenvalue weighted by molar-refractivity contribution is 1.03. The van der Waals surface area contributed by atoms with E-state index in [0.717, 1.165) is 11.4 Å². The van der Waals surface area contributed by atoms with Crippen molar-refractivity contribution in [2.24, 2.45) is 0 Å². The monoisotopic (exact) mass is 254 g/mol. The van der Waals surface area contributed by atoms with Gasteiger partial charge >= 0.3 is 0 Å². The second kappa shape index (κ2) is 5.60. The Kier molecular flexibility index (Phi) is 3.89. The summed E-state index contributed by atoms with van der Waals surface area (Å²) in [6.07, 6.45) is 8.61.